The van der Waals surface area contributed by atoms with Crippen LogP contribution >= 0.6 is 0 Å². The van der Waals surface area contributed by atoms with Crippen LogP contribution in [0.25, 0.3) is 0 Å². The molecule has 0 aromatic rings. The van der Waals surface area contributed by atoms with E-state index in [-0.39, 0.29) is 11.6 Å². The number of hydrogen-bond donors (Lipinski definition) is 2. The molecule has 0 fully saturated rings. The van der Waals surface area contributed by atoms with Gasteiger partial charge < -0.3 is 15.8 Å². The Balaban J connectivity index is 3.82. The number of nitrogens with one attached hydrogen (secondary N) is 1. The summed E-state index contributed by atoms with van der Waals surface area (Å²) < 4.78 is 5.27. The predicted octanol–water partition coefficient (Wildman–Crippen LogP) is 3.59. The molecule has 0 bridgehead atoms. The average Bonchev–Trinajstić information content (AvgIpc) is 2.19. The Morgan fingerprint density at radius 1 is 1.00 bits per heavy atom. The van der Waals surface area contributed by atoms with Crippen LogP contribution in [-0.2, 0) is 4.74 Å². The zero-order valence-corrected chi connectivity index (χ0v) is 13.3. The van der Waals surface area contributed by atoms with Gasteiger partial charge in [0.15, 0.2) is 0 Å². The standard InChI is InChI=1S/C15H32N2O2/c1-14(2,3)19-13(18)17-15(4,5)11-9-7-6-8-10-12-16/h6-12,16H2,1-5H3,(H,17,18). The first-order chi connectivity index (χ1) is 8.66. The summed E-state index contributed by atoms with van der Waals surface area (Å²) in [5, 5.41) is 2.93. The predicted molar refractivity (Wildman–Crippen MR) is 80.2 cm³/mol. The third-order valence-corrected chi connectivity index (χ3v) is 2.85. The van der Waals surface area contributed by atoms with Gasteiger partial charge in [0, 0.05) is 5.54 Å². The van der Waals surface area contributed by atoms with Crippen molar-refractivity contribution in [3.05, 3.63) is 0 Å². The van der Waals surface area contributed by atoms with E-state index in [4.69, 9.17) is 10.5 Å². The molecule has 3 N–H and O–H groups in total. The van der Waals surface area contributed by atoms with E-state index in [0.717, 1.165) is 25.8 Å². The van der Waals surface area contributed by atoms with Gasteiger partial charge in [-0.25, -0.2) is 4.79 Å². The van der Waals surface area contributed by atoms with Crippen LogP contribution in [0.5, 0.6) is 0 Å². The van der Waals surface area contributed by atoms with E-state index < -0.39 is 5.60 Å². The van der Waals surface area contributed by atoms with Gasteiger partial charge in [0.2, 0.25) is 0 Å². The van der Waals surface area contributed by atoms with E-state index in [2.05, 4.69) is 5.32 Å². The molecule has 4 heteroatoms. The summed E-state index contributed by atoms with van der Waals surface area (Å²) in [4.78, 5) is 11.7. The number of carbonyl (C=O) groups excluding carboxylic acids is 1. The fraction of sp³-hybridized carbons (Fsp3) is 0.933. The molecule has 1 amide bonds. The lowest BCUT2D eigenvalue weighted by Crippen LogP contribution is -2.45. The molecular formula is C15H32N2O2. The lowest BCUT2D eigenvalue weighted by molar-refractivity contribution is 0.0467. The zero-order chi connectivity index (χ0) is 14.9. The first-order valence-electron chi connectivity index (χ1n) is 7.37. The molecule has 19 heavy (non-hydrogen) atoms. The van der Waals surface area contributed by atoms with Gasteiger partial charge in [0.25, 0.3) is 0 Å². The van der Waals surface area contributed by atoms with E-state index >= 15 is 0 Å². The number of amides is 1. The Labute approximate surface area is 118 Å². The minimum atomic E-state index is -0.442. The maximum absolute atomic E-state index is 11.7. The number of ether oxygens (including phenoxy) is 1. The van der Waals surface area contributed by atoms with Crippen LogP contribution in [0.1, 0.15) is 73.1 Å². The third-order valence-electron chi connectivity index (χ3n) is 2.85. The molecule has 114 valence electrons. The van der Waals surface area contributed by atoms with Crippen LogP contribution in [0.15, 0.2) is 0 Å². The van der Waals surface area contributed by atoms with Crippen molar-refractivity contribution in [2.45, 2.75) is 84.3 Å². The number of hydrogen-bond acceptors (Lipinski definition) is 3. The fourth-order valence-electron chi connectivity index (χ4n) is 1.88. The molecule has 0 saturated heterocycles. The smallest absolute Gasteiger partial charge is 0.408 e. The molecule has 0 unspecified atom stereocenters. The summed E-state index contributed by atoms with van der Waals surface area (Å²) in [6.07, 6.45) is 6.48. The zero-order valence-electron chi connectivity index (χ0n) is 13.3. The van der Waals surface area contributed by atoms with E-state index in [1.807, 2.05) is 34.6 Å². The lowest BCUT2D eigenvalue weighted by Gasteiger charge is -2.28. The minimum absolute atomic E-state index is 0.212. The van der Waals surface area contributed by atoms with Crippen molar-refractivity contribution in [3.8, 4) is 0 Å². The topological polar surface area (TPSA) is 64.3 Å². The van der Waals surface area contributed by atoms with E-state index in [0.29, 0.717) is 0 Å². The van der Waals surface area contributed by atoms with Crippen LogP contribution < -0.4 is 11.1 Å². The van der Waals surface area contributed by atoms with Crippen LogP contribution in [0.3, 0.4) is 0 Å². The highest BCUT2D eigenvalue weighted by molar-refractivity contribution is 5.68. The Hall–Kier alpha value is -0.770. The average molecular weight is 272 g/mol. The third kappa shape index (κ3) is 12.0. The van der Waals surface area contributed by atoms with Crippen molar-refractivity contribution in [1.82, 2.24) is 5.32 Å². The second-order valence-corrected chi connectivity index (χ2v) is 6.82. The number of alkyl carbamates (subject to hydrolysis) is 1. The highest BCUT2D eigenvalue weighted by Gasteiger charge is 2.23. The Morgan fingerprint density at radius 3 is 2.05 bits per heavy atom. The van der Waals surface area contributed by atoms with Crippen molar-refractivity contribution in [3.63, 3.8) is 0 Å². The molecule has 0 aliphatic rings. The van der Waals surface area contributed by atoms with E-state index in [9.17, 15) is 4.79 Å². The molecule has 0 saturated carbocycles. The van der Waals surface area contributed by atoms with E-state index in [1.54, 1.807) is 0 Å². The molecule has 0 radical (unpaired) electrons. The van der Waals surface area contributed by atoms with Gasteiger partial charge >= 0.3 is 6.09 Å². The summed E-state index contributed by atoms with van der Waals surface area (Å²) in [5.74, 6) is 0. The first-order valence-corrected chi connectivity index (χ1v) is 7.37. The summed E-state index contributed by atoms with van der Waals surface area (Å²) in [5.41, 5.74) is 4.80. The Kier molecular flexibility index (Phi) is 8.07. The summed E-state index contributed by atoms with van der Waals surface area (Å²) in [7, 11) is 0. The van der Waals surface area contributed by atoms with Crippen molar-refractivity contribution in [1.29, 1.82) is 0 Å². The molecule has 0 aliphatic carbocycles. The number of unbranched alkanes of at least 4 members (excludes halogenated alkanes) is 4. The van der Waals surface area contributed by atoms with Crippen molar-refractivity contribution in [2.24, 2.45) is 5.73 Å². The van der Waals surface area contributed by atoms with Crippen molar-refractivity contribution < 1.29 is 9.53 Å². The maximum atomic E-state index is 11.7. The van der Waals surface area contributed by atoms with Gasteiger partial charge in [-0.3, -0.25) is 0 Å². The minimum Gasteiger partial charge on any atom is -0.444 e. The maximum Gasteiger partial charge on any atom is 0.408 e. The van der Waals surface area contributed by atoms with Gasteiger partial charge in [-0.1, -0.05) is 25.7 Å². The largest absolute Gasteiger partial charge is 0.444 e. The molecule has 0 rings (SSSR count). The lowest BCUT2D eigenvalue weighted by atomic mass is 9.96. The molecule has 0 atom stereocenters. The quantitative estimate of drug-likeness (QED) is 0.664. The first kappa shape index (κ1) is 18.2. The fourth-order valence-corrected chi connectivity index (χ4v) is 1.88. The van der Waals surface area contributed by atoms with Gasteiger partial charge in [-0.15, -0.1) is 0 Å². The van der Waals surface area contributed by atoms with Crippen LogP contribution in [0, 0.1) is 0 Å². The van der Waals surface area contributed by atoms with Gasteiger partial charge in [0.1, 0.15) is 5.60 Å². The van der Waals surface area contributed by atoms with Crippen LogP contribution in [0.2, 0.25) is 0 Å². The highest BCUT2D eigenvalue weighted by atomic mass is 16.6. The monoisotopic (exact) mass is 272 g/mol. The van der Waals surface area contributed by atoms with Crippen LogP contribution in [0.4, 0.5) is 4.79 Å². The molecule has 0 aromatic carbocycles. The van der Waals surface area contributed by atoms with Crippen molar-refractivity contribution >= 4 is 6.09 Å². The summed E-state index contributed by atoms with van der Waals surface area (Å²) in [6, 6.07) is 0. The molecule has 4 nitrogen and oxygen atoms in total. The second kappa shape index (κ2) is 8.41. The molecule has 0 aromatic heterocycles. The number of rotatable bonds is 8. The van der Waals surface area contributed by atoms with Gasteiger partial charge in [-0.05, 0) is 54.0 Å². The summed E-state index contributed by atoms with van der Waals surface area (Å²) >= 11 is 0. The highest BCUT2D eigenvalue weighted by Crippen LogP contribution is 2.16. The summed E-state index contributed by atoms with van der Waals surface area (Å²) in [6.45, 7) is 10.5. The number of carbonyl (C=O) groups is 1. The van der Waals surface area contributed by atoms with Gasteiger partial charge in [-0.2, -0.15) is 0 Å². The van der Waals surface area contributed by atoms with E-state index in [1.165, 1.54) is 19.3 Å². The van der Waals surface area contributed by atoms with Crippen LogP contribution in [-0.4, -0.2) is 23.8 Å². The molecule has 0 aliphatic heterocycles. The second-order valence-electron chi connectivity index (χ2n) is 6.82. The molecular weight excluding hydrogens is 240 g/mol. The van der Waals surface area contributed by atoms with Gasteiger partial charge in [0.05, 0.1) is 0 Å². The SMILES string of the molecule is CC(C)(CCCCCCCN)NC(=O)OC(C)(C)C. The Morgan fingerprint density at radius 2 is 1.53 bits per heavy atom. The molecule has 0 spiro atoms. The Bertz CT molecular complexity index is 257. The number of nitrogens with two attached hydrogens (primary N) is 1. The normalized spacial score (nSPS) is 12.3. The molecule has 0 heterocycles. The van der Waals surface area contributed by atoms with Crippen molar-refractivity contribution in [2.75, 3.05) is 6.54 Å².